The fourth-order valence-corrected chi connectivity index (χ4v) is 2.35. The molecule has 0 radical (unpaired) electrons. The summed E-state index contributed by atoms with van der Waals surface area (Å²) in [5.74, 6) is 0.394. The summed E-state index contributed by atoms with van der Waals surface area (Å²) >= 11 is 0.461. The molecule has 0 spiro atoms. The lowest BCUT2D eigenvalue weighted by atomic mass is 10.2. The maximum atomic E-state index is 12.5. The summed E-state index contributed by atoms with van der Waals surface area (Å²) in [5.41, 5.74) is 0.313. The predicted molar refractivity (Wildman–Crippen MR) is 74.1 cm³/mol. The van der Waals surface area contributed by atoms with Crippen LogP contribution < -0.4 is 10.1 Å². The van der Waals surface area contributed by atoms with Crippen LogP contribution in [-0.4, -0.2) is 17.0 Å². The molecule has 0 bridgehead atoms. The van der Waals surface area contributed by atoms with E-state index in [1.54, 1.807) is 0 Å². The lowest BCUT2D eigenvalue weighted by molar-refractivity contribution is -0.384. The molecule has 0 fully saturated rings. The fraction of sp³-hybridized carbons (Fsp3) is 0.250. The second-order valence-electron chi connectivity index (χ2n) is 4.13. The minimum atomic E-state index is -4.44. The zero-order valence-electron chi connectivity index (χ0n) is 11.2. The van der Waals surface area contributed by atoms with Crippen LogP contribution in [0.2, 0.25) is 0 Å². The van der Waals surface area contributed by atoms with Gasteiger partial charge in [-0.3, -0.25) is 10.1 Å². The van der Waals surface area contributed by atoms with Crippen molar-refractivity contribution in [3.05, 3.63) is 45.0 Å². The summed E-state index contributed by atoms with van der Waals surface area (Å²) in [6, 6.07) is 4.01. The van der Waals surface area contributed by atoms with Crippen LogP contribution in [0.4, 0.5) is 24.0 Å². The number of nitro groups is 1. The number of rotatable bonds is 5. The van der Waals surface area contributed by atoms with Gasteiger partial charge >= 0.3 is 6.18 Å². The molecule has 2 rings (SSSR count). The van der Waals surface area contributed by atoms with Crippen LogP contribution in [0.25, 0.3) is 0 Å². The molecule has 10 heteroatoms. The predicted octanol–water partition coefficient (Wildman–Crippen LogP) is 3.69. The van der Waals surface area contributed by atoms with Gasteiger partial charge in [0.2, 0.25) is 0 Å². The molecule has 118 valence electrons. The molecule has 0 aliphatic heterocycles. The third kappa shape index (κ3) is 3.64. The number of benzene rings is 1. The van der Waals surface area contributed by atoms with Crippen molar-refractivity contribution in [2.75, 3.05) is 12.4 Å². The van der Waals surface area contributed by atoms with Crippen LogP contribution in [0.15, 0.2) is 24.4 Å². The molecule has 0 saturated heterocycles. The van der Waals surface area contributed by atoms with Gasteiger partial charge in [-0.05, 0) is 6.07 Å². The highest BCUT2D eigenvalue weighted by atomic mass is 32.1. The molecule has 0 aliphatic rings. The summed E-state index contributed by atoms with van der Waals surface area (Å²) in [4.78, 5) is 13.0. The number of hydrogen-bond donors (Lipinski definition) is 1. The van der Waals surface area contributed by atoms with Gasteiger partial charge in [0.15, 0.2) is 5.13 Å². The number of nitrogens with one attached hydrogen (secondary N) is 1. The molecular formula is C12H10F3N3O3S. The molecule has 0 unspecified atom stereocenters. The molecule has 1 N–H and O–H groups in total. The smallest absolute Gasteiger partial charge is 0.427 e. The number of nitrogens with zero attached hydrogens (tertiary/aromatic N) is 2. The van der Waals surface area contributed by atoms with Gasteiger partial charge in [0, 0.05) is 24.2 Å². The molecule has 0 amide bonds. The molecule has 1 aromatic heterocycles. The largest absolute Gasteiger partial charge is 0.496 e. The first-order valence-corrected chi connectivity index (χ1v) is 6.71. The Kier molecular flexibility index (Phi) is 4.50. The Morgan fingerprint density at radius 2 is 2.18 bits per heavy atom. The average Bonchev–Trinajstić information content (AvgIpc) is 2.93. The van der Waals surface area contributed by atoms with E-state index in [4.69, 9.17) is 4.74 Å². The van der Waals surface area contributed by atoms with E-state index in [1.807, 2.05) is 0 Å². The van der Waals surface area contributed by atoms with Gasteiger partial charge in [0.05, 0.1) is 18.2 Å². The van der Waals surface area contributed by atoms with Crippen LogP contribution in [0.3, 0.4) is 0 Å². The van der Waals surface area contributed by atoms with E-state index in [1.165, 1.54) is 25.3 Å². The number of anilines is 1. The Labute approximate surface area is 126 Å². The number of alkyl halides is 3. The Balaban J connectivity index is 2.15. The van der Waals surface area contributed by atoms with E-state index >= 15 is 0 Å². The van der Waals surface area contributed by atoms with Crippen molar-refractivity contribution in [3.8, 4) is 5.75 Å². The van der Waals surface area contributed by atoms with E-state index < -0.39 is 16.0 Å². The number of aromatic nitrogens is 1. The zero-order chi connectivity index (χ0) is 16.3. The SMILES string of the molecule is COc1ccc([N+](=O)[O-])cc1CNc1ncc(C(F)(F)F)s1. The molecular weight excluding hydrogens is 323 g/mol. The number of ether oxygens (including phenoxy) is 1. The van der Waals surface area contributed by atoms with Crippen molar-refractivity contribution in [2.24, 2.45) is 0 Å². The summed E-state index contributed by atoms with van der Waals surface area (Å²) in [7, 11) is 1.40. The van der Waals surface area contributed by atoms with Gasteiger partial charge in [-0.2, -0.15) is 13.2 Å². The van der Waals surface area contributed by atoms with E-state index in [9.17, 15) is 23.3 Å². The molecule has 1 aromatic carbocycles. The van der Waals surface area contributed by atoms with E-state index in [0.717, 1.165) is 6.20 Å². The first-order valence-electron chi connectivity index (χ1n) is 5.89. The van der Waals surface area contributed by atoms with Gasteiger partial charge in [0.25, 0.3) is 5.69 Å². The van der Waals surface area contributed by atoms with Gasteiger partial charge in [-0.25, -0.2) is 4.98 Å². The second kappa shape index (κ2) is 6.18. The van der Waals surface area contributed by atoms with Gasteiger partial charge in [-0.1, -0.05) is 11.3 Å². The van der Waals surface area contributed by atoms with Gasteiger partial charge in [-0.15, -0.1) is 0 Å². The maximum Gasteiger partial charge on any atom is 0.427 e. The number of thiazole rings is 1. The van der Waals surface area contributed by atoms with Crippen molar-refractivity contribution in [1.82, 2.24) is 4.98 Å². The standard InChI is InChI=1S/C12H10F3N3O3S/c1-21-9-3-2-8(18(19)20)4-7(9)5-16-11-17-6-10(22-11)12(13,14)15/h2-4,6H,5H2,1H3,(H,16,17). The van der Waals surface area contributed by atoms with Crippen LogP contribution in [-0.2, 0) is 12.7 Å². The molecule has 0 atom stereocenters. The lowest BCUT2D eigenvalue weighted by Gasteiger charge is -2.08. The summed E-state index contributed by atoms with van der Waals surface area (Å²) in [5, 5.41) is 13.5. The summed E-state index contributed by atoms with van der Waals surface area (Å²) in [6.07, 6.45) is -3.71. The van der Waals surface area contributed by atoms with Crippen LogP contribution in [0.1, 0.15) is 10.4 Å². The molecule has 0 saturated carbocycles. The second-order valence-corrected chi connectivity index (χ2v) is 5.16. The maximum absolute atomic E-state index is 12.5. The van der Waals surface area contributed by atoms with Gasteiger partial charge in [0.1, 0.15) is 10.6 Å². The zero-order valence-corrected chi connectivity index (χ0v) is 12.0. The Morgan fingerprint density at radius 3 is 2.73 bits per heavy atom. The first kappa shape index (κ1) is 16.0. The fourth-order valence-electron chi connectivity index (χ4n) is 1.67. The number of halogens is 3. The first-order chi connectivity index (χ1) is 10.3. The van der Waals surface area contributed by atoms with Crippen LogP contribution in [0, 0.1) is 10.1 Å². The molecule has 22 heavy (non-hydrogen) atoms. The Hall–Kier alpha value is -2.36. The molecule has 6 nitrogen and oxygen atoms in total. The third-order valence-electron chi connectivity index (χ3n) is 2.69. The van der Waals surface area contributed by atoms with Crippen molar-refractivity contribution in [1.29, 1.82) is 0 Å². The Bertz CT molecular complexity index is 688. The highest BCUT2D eigenvalue weighted by Gasteiger charge is 2.33. The average molecular weight is 333 g/mol. The molecule has 2 aromatic rings. The minimum Gasteiger partial charge on any atom is -0.496 e. The van der Waals surface area contributed by atoms with Crippen molar-refractivity contribution >= 4 is 22.2 Å². The Morgan fingerprint density at radius 1 is 1.45 bits per heavy atom. The van der Waals surface area contributed by atoms with E-state index in [2.05, 4.69) is 10.3 Å². The lowest BCUT2D eigenvalue weighted by Crippen LogP contribution is -2.02. The normalized spacial score (nSPS) is 11.3. The quantitative estimate of drug-likeness (QED) is 0.667. The topological polar surface area (TPSA) is 77.3 Å². The number of non-ortho nitro benzene ring substituents is 1. The monoisotopic (exact) mass is 333 g/mol. The molecule has 0 aliphatic carbocycles. The van der Waals surface area contributed by atoms with Crippen molar-refractivity contribution < 1.29 is 22.8 Å². The number of nitro benzene ring substituents is 1. The van der Waals surface area contributed by atoms with E-state index in [0.29, 0.717) is 22.6 Å². The van der Waals surface area contributed by atoms with Crippen LogP contribution >= 0.6 is 11.3 Å². The highest BCUT2D eigenvalue weighted by molar-refractivity contribution is 7.15. The van der Waals surface area contributed by atoms with Gasteiger partial charge < -0.3 is 10.1 Å². The van der Waals surface area contributed by atoms with Crippen LogP contribution in [0.5, 0.6) is 5.75 Å². The highest BCUT2D eigenvalue weighted by Crippen LogP contribution is 2.35. The van der Waals surface area contributed by atoms with E-state index in [-0.39, 0.29) is 17.4 Å². The number of methoxy groups -OCH3 is 1. The number of hydrogen-bond acceptors (Lipinski definition) is 6. The summed E-state index contributed by atoms with van der Waals surface area (Å²) < 4.78 is 42.5. The summed E-state index contributed by atoms with van der Waals surface area (Å²) in [6.45, 7) is 0.0513. The van der Waals surface area contributed by atoms with Crippen molar-refractivity contribution in [3.63, 3.8) is 0 Å². The third-order valence-corrected chi connectivity index (χ3v) is 3.69. The molecule has 1 heterocycles. The van der Waals surface area contributed by atoms with Crippen molar-refractivity contribution in [2.45, 2.75) is 12.7 Å². The minimum absolute atomic E-state index is 0.0513.